The molecule has 2 unspecified atom stereocenters. The van der Waals surface area contributed by atoms with Gasteiger partial charge >= 0.3 is 5.97 Å². The number of nitrogens with zero attached hydrogens (tertiary/aromatic N) is 1. The minimum Gasteiger partial charge on any atom is -0.457 e. The largest absolute Gasteiger partial charge is 0.457 e. The molecule has 0 N–H and O–H groups in total. The summed E-state index contributed by atoms with van der Waals surface area (Å²) in [6, 6.07) is 6.27. The van der Waals surface area contributed by atoms with Crippen molar-refractivity contribution in [2.45, 2.75) is 32.2 Å². The van der Waals surface area contributed by atoms with Crippen molar-refractivity contribution in [3.05, 3.63) is 45.5 Å². The van der Waals surface area contributed by atoms with Crippen LogP contribution in [0.4, 0.5) is 0 Å². The molecule has 1 fully saturated rings. The van der Waals surface area contributed by atoms with Gasteiger partial charge in [0, 0.05) is 16.9 Å². The minimum atomic E-state index is -0.849. The van der Waals surface area contributed by atoms with E-state index < -0.39 is 22.9 Å². The monoisotopic (exact) mass is 291 g/mol. The molecule has 6 nitrogen and oxygen atoms in total. The molecule has 6 heteroatoms. The first-order chi connectivity index (χ1) is 9.90. The Morgan fingerprint density at radius 1 is 1.33 bits per heavy atom. The molecule has 2 atom stereocenters. The molecule has 0 spiro atoms. The van der Waals surface area contributed by atoms with E-state index in [2.05, 4.69) is 13.8 Å². The van der Waals surface area contributed by atoms with Crippen LogP contribution in [0.25, 0.3) is 0 Å². The summed E-state index contributed by atoms with van der Waals surface area (Å²) in [5, 5.41) is 10.5. The number of ether oxygens (including phenoxy) is 1. The Morgan fingerprint density at radius 3 is 2.43 bits per heavy atom. The molecule has 2 rings (SSSR count). The maximum Gasteiger partial charge on any atom is 0.316 e. The van der Waals surface area contributed by atoms with Gasteiger partial charge in [0.15, 0.2) is 12.4 Å². The van der Waals surface area contributed by atoms with Crippen LogP contribution >= 0.6 is 0 Å². The van der Waals surface area contributed by atoms with Gasteiger partial charge in [-0.15, -0.1) is 0 Å². The van der Waals surface area contributed by atoms with Crippen LogP contribution in [-0.2, 0) is 9.53 Å². The van der Waals surface area contributed by atoms with E-state index in [1.54, 1.807) is 12.1 Å². The Hall–Kier alpha value is -2.24. The van der Waals surface area contributed by atoms with E-state index in [9.17, 15) is 19.7 Å². The molecule has 0 saturated heterocycles. The fourth-order valence-corrected chi connectivity index (χ4v) is 2.05. The van der Waals surface area contributed by atoms with E-state index in [0.717, 1.165) is 5.56 Å². The molecule has 112 valence electrons. The summed E-state index contributed by atoms with van der Waals surface area (Å²) < 4.78 is 4.85. The van der Waals surface area contributed by atoms with Crippen molar-refractivity contribution in [2.24, 2.45) is 5.92 Å². The van der Waals surface area contributed by atoms with Crippen molar-refractivity contribution >= 4 is 11.8 Å². The van der Waals surface area contributed by atoms with Gasteiger partial charge in [-0.1, -0.05) is 38.1 Å². The molecule has 0 heterocycles. The quantitative estimate of drug-likeness (QED) is 0.347. The SMILES string of the molecule is CC(C)c1ccc(C(=O)COC(=O)C2CC2[N+](=O)[O-])cc1. The lowest BCUT2D eigenvalue weighted by Gasteiger charge is -2.07. The Kier molecular flexibility index (Phi) is 4.35. The summed E-state index contributed by atoms with van der Waals surface area (Å²) in [7, 11) is 0. The van der Waals surface area contributed by atoms with E-state index in [-0.39, 0.29) is 18.8 Å². The van der Waals surface area contributed by atoms with Crippen LogP contribution in [-0.4, -0.2) is 29.3 Å². The van der Waals surface area contributed by atoms with E-state index in [0.29, 0.717) is 11.5 Å². The average molecular weight is 291 g/mol. The Morgan fingerprint density at radius 2 is 1.95 bits per heavy atom. The molecule has 0 aliphatic heterocycles. The predicted octanol–water partition coefficient (Wildman–Crippen LogP) is 2.20. The topological polar surface area (TPSA) is 86.5 Å². The second kappa shape index (κ2) is 6.03. The summed E-state index contributed by atoms with van der Waals surface area (Å²) in [4.78, 5) is 33.4. The van der Waals surface area contributed by atoms with Crippen molar-refractivity contribution in [1.82, 2.24) is 0 Å². The van der Waals surface area contributed by atoms with Crippen LogP contribution in [0.1, 0.15) is 42.1 Å². The summed E-state index contributed by atoms with van der Waals surface area (Å²) in [5.41, 5.74) is 1.59. The smallest absolute Gasteiger partial charge is 0.316 e. The summed E-state index contributed by atoms with van der Waals surface area (Å²) in [6.45, 7) is 3.74. The van der Waals surface area contributed by atoms with Gasteiger partial charge in [-0.05, 0) is 11.5 Å². The standard InChI is InChI=1S/C15H17NO5/c1-9(2)10-3-5-11(6-4-10)14(17)8-21-15(18)12-7-13(12)16(19)20/h3-6,9,12-13H,7-8H2,1-2H3. The highest BCUT2D eigenvalue weighted by Crippen LogP contribution is 2.34. The Balaban J connectivity index is 1.85. The molecule has 1 aromatic carbocycles. The van der Waals surface area contributed by atoms with Gasteiger partial charge in [0.2, 0.25) is 6.04 Å². The molecule has 0 aromatic heterocycles. The first-order valence-electron chi connectivity index (χ1n) is 6.83. The normalized spacial score (nSPS) is 20.1. The number of Topliss-reactive ketones (excluding diaryl/α,β-unsaturated/α-hetero) is 1. The molecule has 1 aromatic rings. The van der Waals surface area contributed by atoms with Gasteiger partial charge in [0.25, 0.3) is 0 Å². The lowest BCUT2D eigenvalue weighted by Crippen LogP contribution is -2.18. The number of hydrogen-bond donors (Lipinski definition) is 0. The van der Waals surface area contributed by atoms with Crippen molar-refractivity contribution in [2.75, 3.05) is 6.61 Å². The first kappa shape index (κ1) is 15.2. The number of hydrogen-bond acceptors (Lipinski definition) is 5. The number of ketones is 1. The van der Waals surface area contributed by atoms with Crippen LogP contribution in [0.15, 0.2) is 24.3 Å². The Bertz CT molecular complexity index is 564. The summed E-state index contributed by atoms with van der Waals surface area (Å²) >= 11 is 0. The highest BCUT2D eigenvalue weighted by atomic mass is 16.6. The average Bonchev–Trinajstić information content (AvgIpc) is 3.25. The van der Waals surface area contributed by atoms with Gasteiger partial charge in [-0.3, -0.25) is 19.7 Å². The number of nitro groups is 1. The molecule has 0 bridgehead atoms. The third kappa shape index (κ3) is 3.65. The molecule has 0 amide bonds. The van der Waals surface area contributed by atoms with Crippen molar-refractivity contribution in [3.8, 4) is 0 Å². The molecule has 1 saturated carbocycles. The van der Waals surface area contributed by atoms with E-state index >= 15 is 0 Å². The number of carbonyl (C=O) groups excluding carboxylic acids is 2. The van der Waals surface area contributed by atoms with Crippen LogP contribution in [0.2, 0.25) is 0 Å². The maximum absolute atomic E-state index is 11.9. The van der Waals surface area contributed by atoms with E-state index in [1.165, 1.54) is 0 Å². The maximum atomic E-state index is 11.9. The number of esters is 1. The fraction of sp³-hybridized carbons (Fsp3) is 0.467. The van der Waals surface area contributed by atoms with Gasteiger partial charge in [-0.2, -0.15) is 0 Å². The molecule has 1 aliphatic carbocycles. The third-order valence-corrected chi connectivity index (χ3v) is 3.58. The first-order valence-corrected chi connectivity index (χ1v) is 6.83. The van der Waals surface area contributed by atoms with Gasteiger partial charge in [-0.25, -0.2) is 0 Å². The molecular formula is C15H17NO5. The molecule has 1 aliphatic rings. The van der Waals surface area contributed by atoms with E-state index in [4.69, 9.17) is 4.74 Å². The second-order valence-corrected chi connectivity index (χ2v) is 5.50. The van der Waals surface area contributed by atoms with Crippen LogP contribution in [0.5, 0.6) is 0 Å². The third-order valence-electron chi connectivity index (χ3n) is 3.58. The number of carbonyl (C=O) groups is 2. The van der Waals surface area contributed by atoms with Crippen molar-refractivity contribution < 1.29 is 19.2 Å². The van der Waals surface area contributed by atoms with Gasteiger partial charge in [0.05, 0.1) is 0 Å². The highest BCUT2D eigenvalue weighted by molar-refractivity contribution is 5.98. The zero-order valence-electron chi connectivity index (χ0n) is 11.9. The van der Waals surface area contributed by atoms with Gasteiger partial charge < -0.3 is 4.74 Å². The molecular weight excluding hydrogens is 274 g/mol. The van der Waals surface area contributed by atoms with Crippen LogP contribution < -0.4 is 0 Å². The predicted molar refractivity (Wildman–Crippen MR) is 74.7 cm³/mol. The van der Waals surface area contributed by atoms with Gasteiger partial charge in [0.1, 0.15) is 5.92 Å². The highest BCUT2D eigenvalue weighted by Gasteiger charge is 2.54. The minimum absolute atomic E-state index is 0.198. The van der Waals surface area contributed by atoms with Crippen molar-refractivity contribution in [1.29, 1.82) is 0 Å². The van der Waals surface area contributed by atoms with Crippen LogP contribution in [0.3, 0.4) is 0 Å². The lowest BCUT2D eigenvalue weighted by atomic mass is 10.0. The molecule has 21 heavy (non-hydrogen) atoms. The number of rotatable bonds is 6. The van der Waals surface area contributed by atoms with Crippen LogP contribution in [0, 0.1) is 16.0 Å². The Labute approximate surface area is 122 Å². The zero-order valence-corrected chi connectivity index (χ0v) is 11.9. The van der Waals surface area contributed by atoms with Crippen molar-refractivity contribution in [3.63, 3.8) is 0 Å². The lowest BCUT2D eigenvalue weighted by molar-refractivity contribution is -0.497. The summed E-state index contributed by atoms with van der Waals surface area (Å²) in [6.07, 6.45) is 0.198. The fourth-order valence-electron chi connectivity index (χ4n) is 2.05. The summed E-state index contributed by atoms with van der Waals surface area (Å²) in [5.74, 6) is -1.29. The molecule has 0 radical (unpaired) electrons. The zero-order chi connectivity index (χ0) is 15.6. The van der Waals surface area contributed by atoms with E-state index in [1.807, 2.05) is 12.1 Å². The number of benzene rings is 1. The second-order valence-electron chi connectivity index (χ2n) is 5.50.